The van der Waals surface area contributed by atoms with E-state index in [1.165, 1.54) is 96.3 Å². The van der Waals surface area contributed by atoms with Gasteiger partial charge in [-0.05, 0) is 6.42 Å². The molecule has 0 aromatic rings. The smallest absolute Gasteiger partial charge is 0.165 e. The highest BCUT2D eigenvalue weighted by Gasteiger charge is 2.07. The van der Waals surface area contributed by atoms with Gasteiger partial charge >= 0.3 is 0 Å². The fraction of sp³-hybridized carbons (Fsp3) is 0.957. The summed E-state index contributed by atoms with van der Waals surface area (Å²) in [4.78, 5) is 0. The summed E-state index contributed by atoms with van der Waals surface area (Å²) in [6, 6.07) is 0. The maximum Gasteiger partial charge on any atom is 0.165 e. The van der Waals surface area contributed by atoms with E-state index in [9.17, 15) is 0 Å². The fourth-order valence-corrected chi connectivity index (χ4v) is 3.55. The fourth-order valence-electron chi connectivity index (χ4n) is 3.55. The first-order valence-corrected chi connectivity index (χ1v) is 11.7. The minimum absolute atomic E-state index is 0.0143. The van der Waals surface area contributed by atoms with Crippen LogP contribution >= 0.6 is 0 Å². The number of unbranched alkanes of at least 4 members (excludes halogenated alkanes) is 15. The molecule has 4 heteroatoms. The Morgan fingerprint density at radius 3 is 1.41 bits per heavy atom. The summed E-state index contributed by atoms with van der Waals surface area (Å²) in [5.74, 6) is 0. The zero-order chi connectivity index (χ0) is 20.0. The van der Waals surface area contributed by atoms with E-state index < -0.39 is 6.29 Å². The average molecular weight is 387 g/mol. The molecule has 0 radical (unpaired) electrons. The summed E-state index contributed by atoms with van der Waals surface area (Å²) >= 11 is 0. The Morgan fingerprint density at radius 2 is 1.04 bits per heavy atom. The van der Waals surface area contributed by atoms with Crippen molar-refractivity contribution < 1.29 is 19.9 Å². The van der Waals surface area contributed by atoms with Gasteiger partial charge in [0, 0.05) is 6.42 Å². The van der Waals surface area contributed by atoms with Gasteiger partial charge in [-0.2, -0.15) is 0 Å². The Kier molecular flexibility index (Phi) is 21.5. The number of hydrogen-bond acceptors (Lipinski definition) is 3. The summed E-state index contributed by atoms with van der Waals surface area (Å²) in [5, 5.41) is 26.9. The van der Waals surface area contributed by atoms with Crippen molar-refractivity contribution in [2.45, 2.75) is 122 Å². The van der Waals surface area contributed by atoms with Crippen LogP contribution in [0.25, 0.3) is 0 Å². The van der Waals surface area contributed by atoms with Crippen molar-refractivity contribution >= 4 is 6.21 Å². The van der Waals surface area contributed by atoms with Gasteiger partial charge in [0.25, 0.3) is 0 Å². The highest BCUT2D eigenvalue weighted by atomic mass is 16.5. The van der Waals surface area contributed by atoms with Crippen molar-refractivity contribution in [2.24, 2.45) is 0 Å². The molecule has 0 aromatic heterocycles. The van der Waals surface area contributed by atoms with Crippen molar-refractivity contribution in [1.29, 1.82) is 0 Å². The van der Waals surface area contributed by atoms with Crippen LogP contribution in [0.2, 0.25) is 0 Å². The summed E-state index contributed by atoms with van der Waals surface area (Å²) in [7, 11) is 0. The highest BCUT2D eigenvalue weighted by Crippen LogP contribution is 2.13. The largest absolute Gasteiger partial charge is 0.386 e. The Labute approximate surface area is 168 Å². The molecular weight excluding hydrogens is 338 g/mol. The first-order valence-electron chi connectivity index (χ1n) is 11.7. The lowest BCUT2D eigenvalue weighted by atomic mass is 10.0. The van der Waals surface area contributed by atoms with E-state index in [0.717, 1.165) is 13.0 Å². The zero-order valence-corrected chi connectivity index (χ0v) is 18.1. The third kappa shape index (κ3) is 21.7. The van der Waals surface area contributed by atoms with Crippen LogP contribution in [0.4, 0.5) is 0 Å². The van der Waals surface area contributed by atoms with Gasteiger partial charge in [-0.25, -0.2) is 4.58 Å². The molecule has 0 fully saturated rings. The number of hydrogen-bond donors (Lipinski definition) is 3. The van der Waals surface area contributed by atoms with E-state index in [4.69, 9.17) is 15.3 Å². The first-order chi connectivity index (χ1) is 13.2. The summed E-state index contributed by atoms with van der Waals surface area (Å²) in [6.45, 7) is 3.78. The molecule has 0 bridgehead atoms. The predicted molar refractivity (Wildman–Crippen MR) is 116 cm³/mol. The molecule has 27 heavy (non-hydrogen) atoms. The van der Waals surface area contributed by atoms with Crippen LogP contribution in [0.3, 0.4) is 0 Å². The Morgan fingerprint density at radius 1 is 0.630 bits per heavy atom. The Balaban J connectivity index is 3.29. The lowest BCUT2D eigenvalue weighted by Gasteiger charge is -2.06. The molecule has 0 aliphatic rings. The second-order valence-corrected chi connectivity index (χ2v) is 7.97. The van der Waals surface area contributed by atoms with Crippen LogP contribution in [0.15, 0.2) is 0 Å². The predicted octanol–water partition coefficient (Wildman–Crippen LogP) is 5.02. The quantitative estimate of drug-likeness (QED) is 0.112. The van der Waals surface area contributed by atoms with Crippen molar-refractivity contribution in [3.8, 4) is 0 Å². The van der Waals surface area contributed by atoms with Crippen LogP contribution in [-0.4, -0.2) is 52.1 Å². The van der Waals surface area contributed by atoms with Gasteiger partial charge in [-0.3, -0.25) is 0 Å². The van der Waals surface area contributed by atoms with Crippen LogP contribution < -0.4 is 0 Å². The van der Waals surface area contributed by atoms with Gasteiger partial charge < -0.3 is 15.3 Å². The number of aliphatic hydroxyl groups is 3. The number of aliphatic hydroxyl groups excluding tert-OH is 2. The minimum Gasteiger partial charge on any atom is -0.386 e. The van der Waals surface area contributed by atoms with E-state index >= 15 is 0 Å². The summed E-state index contributed by atoms with van der Waals surface area (Å²) in [5.41, 5.74) is 0. The summed E-state index contributed by atoms with van der Waals surface area (Å²) < 4.78 is 2.00. The van der Waals surface area contributed by atoms with Gasteiger partial charge in [-0.15, -0.1) is 0 Å². The Hall–Kier alpha value is -0.450. The highest BCUT2D eigenvalue weighted by molar-refractivity contribution is 5.51. The molecule has 0 amide bonds. The molecule has 0 saturated heterocycles. The second kappa shape index (κ2) is 21.8. The van der Waals surface area contributed by atoms with E-state index in [-0.39, 0.29) is 6.61 Å². The van der Waals surface area contributed by atoms with Gasteiger partial charge in [0.05, 0.1) is 6.42 Å². The van der Waals surface area contributed by atoms with Crippen LogP contribution in [0.5, 0.6) is 0 Å². The van der Waals surface area contributed by atoms with Crippen LogP contribution in [0, 0.1) is 0 Å². The number of rotatable bonds is 21. The lowest BCUT2D eigenvalue weighted by molar-refractivity contribution is -0.528. The molecule has 0 saturated carbocycles. The molecule has 0 unspecified atom stereocenters. The molecule has 0 aromatic carbocycles. The maximum atomic E-state index is 9.01. The normalized spacial score (nSPS) is 12.3. The second-order valence-electron chi connectivity index (χ2n) is 7.97. The Bertz CT molecular complexity index is 319. The van der Waals surface area contributed by atoms with Gasteiger partial charge in [-0.1, -0.05) is 96.8 Å². The van der Waals surface area contributed by atoms with Crippen LogP contribution in [-0.2, 0) is 0 Å². The molecule has 0 aliphatic carbocycles. The molecule has 0 rings (SSSR count). The molecule has 162 valence electrons. The van der Waals surface area contributed by atoms with Crippen molar-refractivity contribution in [1.82, 2.24) is 0 Å². The summed E-state index contributed by atoms with van der Waals surface area (Å²) in [6.07, 6.45) is 22.7. The van der Waals surface area contributed by atoms with E-state index in [1.807, 2.05) is 4.58 Å². The average Bonchev–Trinajstić information content (AvgIpc) is 2.65. The molecule has 0 atom stereocenters. The van der Waals surface area contributed by atoms with Gasteiger partial charge in [0.1, 0.15) is 19.7 Å². The van der Waals surface area contributed by atoms with E-state index in [0.29, 0.717) is 13.0 Å². The lowest BCUT2D eigenvalue weighted by Crippen LogP contribution is -2.21. The third-order valence-corrected chi connectivity index (χ3v) is 5.31. The van der Waals surface area contributed by atoms with Gasteiger partial charge in [0.15, 0.2) is 12.5 Å². The van der Waals surface area contributed by atoms with E-state index in [1.54, 1.807) is 6.21 Å². The maximum absolute atomic E-state index is 9.01. The topological polar surface area (TPSA) is 63.7 Å². The van der Waals surface area contributed by atoms with E-state index in [2.05, 4.69) is 6.92 Å². The zero-order valence-electron chi connectivity index (χ0n) is 18.1. The molecule has 0 aliphatic heterocycles. The molecule has 0 spiro atoms. The molecular formula is C23H48NO3+. The third-order valence-electron chi connectivity index (χ3n) is 5.31. The number of nitrogens with zero attached hydrogens (tertiary/aromatic N) is 1. The van der Waals surface area contributed by atoms with Crippen molar-refractivity contribution in [3.05, 3.63) is 0 Å². The molecule has 3 N–H and O–H groups in total. The van der Waals surface area contributed by atoms with Crippen LogP contribution in [0.1, 0.15) is 116 Å². The SMILES string of the molecule is CCCCCCCCCCCCCCCCCC[N+](=CCO)CCC(O)O. The van der Waals surface area contributed by atoms with Crippen molar-refractivity contribution in [2.75, 3.05) is 19.7 Å². The molecule has 4 nitrogen and oxygen atoms in total. The van der Waals surface area contributed by atoms with Gasteiger partial charge in [0.2, 0.25) is 0 Å². The van der Waals surface area contributed by atoms with Crippen molar-refractivity contribution in [3.63, 3.8) is 0 Å². The first kappa shape index (κ1) is 26.6. The standard InChI is InChI=1S/C23H48NO3/c1-2-3-4-5-6-7-8-9-10-11-12-13-14-15-16-17-19-24(21-22-25)20-18-23(26)27/h21,23,25-27H,2-20,22H2,1H3/q+1. The molecule has 0 heterocycles. The monoisotopic (exact) mass is 386 g/mol. The minimum atomic E-state index is -1.26.